The number of fused-ring (bicyclic) bond motifs is 4. The molecule has 1 fully saturated rings. The van der Waals surface area contributed by atoms with E-state index in [9.17, 15) is 14.7 Å². The highest BCUT2D eigenvalue weighted by molar-refractivity contribution is 8.00. The van der Waals surface area contributed by atoms with E-state index in [-0.39, 0.29) is 16.3 Å². The van der Waals surface area contributed by atoms with Gasteiger partial charge < -0.3 is 25.3 Å². The first-order chi connectivity index (χ1) is 16.8. The molecule has 0 amide bonds. The zero-order valence-electron chi connectivity index (χ0n) is 18.9. The minimum atomic E-state index is -1.28. The lowest BCUT2D eigenvalue weighted by Crippen LogP contribution is -2.46. The number of carboxylic acid groups (broad SMARTS) is 1. The maximum absolute atomic E-state index is 15.2. The van der Waals surface area contributed by atoms with Crippen molar-refractivity contribution in [3.05, 3.63) is 57.8 Å². The molecule has 180 valence electrons. The van der Waals surface area contributed by atoms with Crippen molar-refractivity contribution in [2.24, 2.45) is 0 Å². The second-order valence-electron chi connectivity index (χ2n) is 8.95. The van der Waals surface area contributed by atoms with Crippen molar-refractivity contribution in [2.75, 3.05) is 36.8 Å². The predicted molar refractivity (Wildman–Crippen MR) is 134 cm³/mol. The molecule has 0 radical (unpaired) electrons. The number of carbonyl (C=O) groups is 1. The molecule has 2 aliphatic rings. The van der Waals surface area contributed by atoms with Gasteiger partial charge in [0, 0.05) is 37.3 Å². The van der Waals surface area contributed by atoms with Crippen molar-refractivity contribution in [3.63, 3.8) is 0 Å². The van der Waals surface area contributed by atoms with Crippen molar-refractivity contribution in [2.45, 2.75) is 23.9 Å². The van der Waals surface area contributed by atoms with Crippen LogP contribution >= 0.6 is 11.8 Å². The second kappa shape index (κ2) is 7.99. The van der Waals surface area contributed by atoms with Gasteiger partial charge in [0.15, 0.2) is 0 Å². The molecule has 0 bridgehead atoms. The number of carboxylic acids is 1. The van der Waals surface area contributed by atoms with E-state index in [1.165, 1.54) is 17.8 Å². The Labute approximate surface area is 203 Å². The maximum atomic E-state index is 15.2. The molecule has 4 aromatic rings. The van der Waals surface area contributed by atoms with Crippen LogP contribution in [0.15, 0.2) is 40.2 Å². The van der Waals surface area contributed by atoms with Gasteiger partial charge in [-0.2, -0.15) is 0 Å². The zero-order valence-corrected chi connectivity index (χ0v) is 19.7. The van der Waals surface area contributed by atoms with E-state index < -0.39 is 17.2 Å². The van der Waals surface area contributed by atoms with Crippen molar-refractivity contribution in [1.29, 1.82) is 0 Å². The van der Waals surface area contributed by atoms with Crippen LogP contribution in [0.3, 0.4) is 0 Å². The molecule has 1 atom stereocenters. The predicted octanol–water partition coefficient (Wildman–Crippen LogP) is 3.24. The first kappa shape index (κ1) is 21.9. The summed E-state index contributed by atoms with van der Waals surface area (Å²) < 4.78 is 17.0. The van der Waals surface area contributed by atoms with Crippen LogP contribution in [0.1, 0.15) is 28.5 Å². The molecule has 2 aromatic carbocycles. The number of nitrogens with one attached hydrogen (secondary N) is 1. The molecule has 2 aliphatic heterocycles. The lowest BCUT2D eigenvalue weighted by molar-refractivity contribution is 0.0689. The Morgan fingerprint density at radius 2 is 2.03 bits per heavy atom. The summed E-state index contributed by atoms with van der Waals surface area (Å²) in [6, 6.07) is 8.47. The topological polar surface area (TPSA) is 120 Å². The largest absolute Gasteiger partial charge is 0.477 e. The number of hydrogen-bond donors (Lipinski definition) is 3. The highest BCUT2D eigenvalue weighted by Crippen LogP contribution is 2.46. The summed E-state index contributed by atoms with van der Waals surface area (Å²) in [7, 11) is 0. The molecule has 6 rings (SSSR count). The standard InChI is InChI=1S/C24H23FN6O3S/c1-12-31-18-10-19(15(25)9-14(18)22(32)21(24(33)34)23(31)35-12)30-6-4-29(5-7-30)11-20-27-16-3-2-13(26)8-17(16)28-20/h2-3,8-10,12H,4-7,11,26H2,1H3,(H,27,28)(H,33,34). The van der Waals surface area contributed by atoms with Crippen molar-refractivity contribution in [3.8, 4) is 0 Å². The number of nitrogens with zero attached hydrogens (tertiary/aromatic N) is 4. The molecule has 11 heteroatoms. The number of aromatic amines is 1. The Balaban J connectivity index is 1.25. The van der Waals surface area contributed by atoms with Crippen LogP contribution in [0.4, 0.5) is 15.8 Å². The minimum Gasteiger partial charge on any atom is -0.477 e. The van der Waals surface area contributed by atoms with E-state index in [1.54, 1.807) is 6.07 Å². The summed E-state index contributed by atoms with van der Waals surface area (Å²) in [4.78, 5) is 36.6. The number of pyridine rings is 1. The van der Waals surface area contributed by atoms with E-state index in [4.69, 9.17) is 5.73 Å². The molecule has 4 heterocycles. The van der Waals surface area contributed by atoms with Crippen LogP contribution in [0.2, 0.25) is 0 Å². The molecule has 2 aromatic heterocycles. The molecular weight excluding hydrogens is 471 g/mol. The summed E-state index contributed by atoms with van der Waals surface area (Å²) in [6.45, 7) is 5.26. The van der Waals surface area contributed by atoms with Crippen LogP contribution < -0.4 is 16.1 Å². The van der Waals surface area contributed by atoms with E-state index in [0.717, 1.165) is 29.9 Å². The van der Waals surface area contributed by atoms with Crippen LogP contribution in [-0.2, 0) is 6.54 Å². The number of H-pyrrole nitrogens is 1. The van der Waals surface area contributed by atoms with Gasteiger partial charge in [0.05, 0.1) is 39.2 Å². The summed E-state index contributed by atoms with van der Waals surface area (Å²) >= 11 is 1.34. The molecule has 0 aliphatic carbocycles. The van der Waals surface area contributed by atoms with E-state index in [1.807, 2.05) is 34.6 Å². The second-order valence-corrected chi connectivity index (χ2v) is 10.3. The summed E-state index contributed by atoms with van der Waals surface area (Å²) in [5, 5.41) is 10.0. The molecule has 1 saturated heterocycles. The molecule has 0 saturated carbocycles. The Morgan fingerprint density at radius 1 is 1.26 bits per heavy atom. The van der Waals surface area contributed by atoms with Gasteiger partial charge in [-0.25, -0.2) is 14.2 Å². The third kappa shape index (κ3) is 3.53. The lowest BCUT2D eigenvalue weighted by atomic mass is 10.1. The first-order valence-corrected chi connectivity index (χ1v) is 12.2. The lowest BCUT2D eigenvalue weighted by Gasteiger charge is -2.37. The molecule has 35 heavy (non-hydrogen) atoms. The Hall–Kier alpha value is -3.57. The minimum absolute atomic E-state index is 0.0273. The normalized spacial score (nSPS) is 18.1. The van der Waals surface area contributed by atoms with Crippen LogP contribution in [0.5, 0.6) is 0 Å². The number of imidazole rings is 1. The van der Waals surface area contributed by atoms with Gasteiger partial charge in [0.1, 0.15) is 17.2 Å². The van der Waals surface area contributed by atoms with Gasteiger partial charge >= 0.3 is 5.97 Å². The van der Waals surface area contributed by atoms with E-state index in [0.29, 0.717) is 41.6 Å². The first-order valence-electron chi connectivity index (χ1n) is 11.3. The summed E-state index contributed by atoms with van der Waals surface area (Å²) in [5.74, 6) is -0.946. The third-order valence-electron chi connectivity index (χ3n) is 6.73. The van der Waals surface area contributed by atoms with Crippen molar-refractivity contribution < 1.29 is 14.3 Å². The number of rotatable bonds is 4. The number of nitrogens with two attached hydrogens (primary N) is 1. The quantitative estimate of drug-likeness (QED) is 0.370. The fourth-order valence-electron chi connectivity index (χ4n) is 4.98. The average Bonchev–Trinajstić information content (AvgIpc) is 3.20. The average molecular weight is 495 g/mol. The van der Waals surface area contributed by atoms with E-state index >= 15 is 4.39 Å². The number of halogens is 1. The fourth-order valence-corrected chi connectivity index (χ4v) is 6.13. The number of aromatic carboxylic acids is 1. The Bertz CT molecular complexity index is 1570. The van der Waals surface area contributed by atoms with Crippen LogP contribution in [-0.4, -0.2) is 56.7 Å². The smallest absolute Gasteiger partial charge is 0.342 e. The SMILES string of the molecule is CC1Sc2c(C(=O)O)c(=O)c3cc(F)c(N4CCN(Cc5nc6ccc(N)cc6[nH]5)CC4)cc3n21. The van der Waals surface area contributed by atoms with Gasteiger partial charge in [-0.1, -0.05) is 11.8 Å². The highest BCUT2D eigenvalue weighted by atomic mass is 32.2. The number of benzene rings is 2. The Morgan fingerprint density at radius 3 is 2.74 bits per heavy atom. The van der Waals surface area contributed by atoms with Gasteiger partial charge in [0.25, 0.3) is 0 Å². The maximum Gasteiger partial charge on any atom is 0.342 e. The third-order valence-corrected chi connectivity index (χ3v) is 7.91. The van der Waals surface area contributed by atoms with Gasteiger partial charge in [0.2, 0.25) is 5.43 Å². The van der Waals surface area contributed by atoms with Crippen LogP contribution in [0.25, 0.3) is 21.9 Å². The van der Waals surface area contributed by atoms with E-state index in [2.05, 4.69) is 14.9 Å². The molecule has 0 spiro atoms. The highest BCUT2D eigenvalue weighted by Gasteiger charge is 2.33. The molecular formula is C24H23FN6O3S. The van der Waals surface area contributed by atoms with Gasteiger partial charge in [-0.05, 0) is 37.3 Å². The monoisotopic (exact) mass is 494 g/mol. The fraction of sp³-hybridized carbons (Fsp3) is 0.292. The summed E-state index contributed by atoms with van der Waals surface area (Å²) in [6.07, 6.45) is 0. The summed E-state index contributed by atoms with van der Waals surface area (Å²) in [5.41, 5.74) is 8.39. The number of thioether (sulfide) groups is 1. The van der Waals surface area contributed by atoms with Gasteiger partial charge in [-0.3, -0.25) is 9.69 Å². The van der Waals surface area contributed by atoms with Crippen molar-refractivity contribution >= 4 is 51.0 Å². The number of anilines is 2. The van der Waals surface area contributed by atoms with Gasteiger partial charge in [-0.15, -0.1) is 0 Å². The van der Waals surface area contributed by atoms with Crippen molar-refractivity contribution in [1.82, 2.24) is 19.4 Å². The number of piperazine rings is 1. The zero-order chi connectivity index (χ0) is 24.4. The number of aromatic nitrogens is 3. The number of hydrogen-bond acceptors (Lipinski definition) is 7. The molecule has 4 N–H and O–H groups in total. The molecule has 9 nitrogen and oxygen atoms in total. The Kier molecular flexibility index (Phi) is 5.01. The van der Waals surface area contributed by atoms with Crippen LogP contribution in [0, 0.1) is 5.82 Å². The molecule has 1 unspecified atom stereocenters. The number of nitrogen functional groups attached to an aromatic ring is 1.